The van der Waals surface area contributed by atoms with Crippen LogP contribution in [0.15, 0.2) is 36.5 Å². The molecule has 65 heavy (non-hydrogen) atoms. The molecule has 0 aromatic rings. The topological polar surface area (TPSA) is 78.9 Å². The molecule has 0 aliphatic heterocycles. The number of carbonyl (C=O) groups is 3. The van der Waals surface area contributed by atoms with Crippen molar-refractivity contribution in [3.05, 3.63) is 36.5 Å². The van der Waals surface area contributed by atoms with Gasteiger partial charge >= 0.3 is 17.9 Å². The molecule has 0 aliphatic carbocycles. The molecule has 1 atom stereocenters. The Morgan fingerprint density at radius 1 is 0.308 bits per heavy atom. The molecule has 0 bridgehead atoms. The lowest BCUT2D eigenvalue weighted by molar-refractivity contribution is -0.167. The van der Waals surface area contributed by atoms with E-state index in [1.54, 1.807) is 0 Å². The summed E-state index contributed by atoms with van der Waals surface area (Å²) in [4.78, 5) is 38.0. The summed E-state index contributed by atoms with van der Waals surface area (Å²) in [5.41, 5.74) is 0. The molecule has 0 amide bonds. The highest BCUT2D eigenvalue weighted by Gasteiger charge is 2.19. The van der Waals surface area contributed by atoms with Crippen molar-refractivity contribution in [3.8, 4) is 0 Å². The summed E-state index contributed by atoms with van der Waals surface area (Å²) in [5.74, 6) is -0.904. The normalized spacial score (nSPS) is 12.2. The highest BCUT2D eigenvalue weighted by molar-refractivity contribution is 5.71. The van der Waals surface area contributed by atoms with Crippen LogP contribution in [0.5, 0.6) is 0 Å². The van der Waals surface area contributed by atoms with E-state index in [2.05, 4.69) is 57.2 Å². The number of carbonyl (C=O) groups excluding carboxylic acids is 3. The fraction of sp³-hybridized carbons (Fsp3) is 0.847. The Hall–Kier alpha value is -2.37. The molecule has 0 N–H and O–H groups in total. The molecular weight excluding hydrogens is 805 g/mol. The van der Waals surface area contributed by atoms with Gasteiger partial charge in [-0.15, -0.1) is 0 Å². The van der Waals surface area contributed by atoms with Gasteiger partial charge in [0.05, 0.1) is 0 Å². The molecule has 0 spiro atoms. The molecule has 0 saturated heterocycles. The summed E-state index contributed by atoms with van der Waals surface area (Å²) in [7, 11) is 0. The number of allylic oxidation sites excluding steroid dienone is 6. The van der Waals surface area contributed by atoms with Crippen molar-refractivity contribution in [3.63, 3.8) is 0 Å². The van der Waals surface area contributed by atoms with Crippen molar-refractivity contribution in [2.75, 3.05) is 13.2 Å². The van der Waals surface area contributed by atoms with Crippen molar-refractivity contribution in [2.45, 2.75) is 309 Å². The van der Waals surface area contributed by atoms with E-state index in [9.17, 15) is 14.4 Å². The number of rotatable bonds is 52. The lowest BCUT2D eigenvalue weighted by Gasteiger charge is -2.18. The number of hydrogen-bond acceptors (Lipinski definition) is 6. The van der Waals surface area contributed by atoms with Gasteiger partial charge in [0.15, 0.2) is 6.10 Å². The maximum atomic E-state index is 12.8. The summed E-state index contributed by atoms with van der Waals surface area (Å²) < 4.78 is 16.8. The van der Waals surface area contributed by atoms with Gasteiger partial charge in [-0.25, -0.2) is 0 Å². The number of esters is 3. The molecule has 0 fully saturated rings. The maximum Gasteiger partial charge on any atom is 0.306 e. The first-order valence-corrected chi connectivity index (χ1v) is 28.5. The van der Waals surface area contributed by atoms with Crippen molar-refractivity contribution >= 4 is 17.9 Å². The summed E-state index contributed by atoms with van der Waals surface area (Å²) in [5, 5.41) is 0. The second kappa shape index (κ2) is 54.2. The second-order valence-corrected chi connectivity index (χ2v) is 19.2. The summed E-state index contributed by atoms with van der Waals surface area (Å²) in [6.07, 6.45) is 64.4. The average Bonchev–Trinajstić information content (AvgIpc) is 3.30. The number of unbranched alkanes of at least 4 members (excludes halogenated alkanes) is 36. The summed E-state index contributed by atoms with van der Waals surface area (Å²) in [6.45, 7) is 6.59. The second-order valence-electron chi connectivity index (χ2n) is 19.2. The van der Waals surface area contributed by atoms with Crippen LogP contribution >= 0.6 is 0 Å². The number of hydrogen-bond donors (Lipinski definition) is 0. The summed E-state index contributed by atoms with van der Waals surface area (Å²) >= 11 is 0. The Labute approximate surface area is 404 Å². The Kier molecular flexibility index (Phi) is 52.3. The van der Waals surface area contributed by atoms with Crippen LogP contribution in [-0.2, 0) is 28.6 Å². The van der Waals surface area contributed by atoms with E-state index in [4.69, 9.17) is 14.2 Å². The van der Waals surface area contributed by atoms with Crippen LogP contribution < -0.4 is 0 Å². The van der Waals surface area contributed by atoms with E-state index >= 15 is 0 Å². The standard InChI is InChI=1S/C59H108O6/c1-4-7-10-13-16-19-21-23-25-27-29-31-33-35-37-40-43-46-49-52-58(61)64-55-56(54-63-57(60)51-48-45-42-39-18-15-12-9-6-3)65-59(62)53-50-47-44-41-38-36-34-32-30-28-26-24-22-20-17-14-11-8-5-2/h16,19,21,23,39,42,56H,4-15,17-18,20,22,24-38,40-41,43-55H2,1-3H3/b19-16-,23-21-,42-39-. The molecule has 0 saturated carbocycles. The Balaban J connectivity index is 4.25. The first-order valence-electron chi connectivity index (χ1n) is 28.5. The fourth-order valence-electron chi connectivity index (χ4n) is 8.32. The van der Waals surface area contributed by atoms with E-state index in [1.165, 1.54) is 205 Å². The molecule has 0 rings (SSSR count). The third-order valence-electron chi connectivity index (χ3n) is 12.6. The molecule has 0 aromatic carbocycles. The van der Waals surface area contributed by atoms with Gasteiger partial charge in [0.25, 0.3) is 0 Å². The lowest BCUT2D eigenvalue weighted by atomic mass is 10.0. The Morgan fingerprint density at radius 2 is 0.569 bits per heavy atom. The van der Waals surface area contributed by atoms with Gasteiger partial charge in [0.2, 0.25) is 0 Å². The molecule has 0 radical (unpaired) electrons. The van der Waals surface area contributed by atoms with Gasteiger partial charge in [-0.3, -0.25) is 14.4 Å². The minimum atomic E-state index is -0.780. The van der Waals surface area contributed by atoms with Crippen LogP contribution in [0.3, 0.4) is 0 Å². The molecular formula is C59H108O6. The smallest absolute Gasteiger partial charge is 0.306 e. The zero-order valence-electron chi connectivity index (χ0n) is 43.5. The van der Waals surface area contributed by atoms with Crippen LogP contribution in [0.2, 0.25) is 0 Å². The zero-order valence-corrected chi connectivity index (χ0v) is 43.5. The van der Waals surface area contributed by atoms with E-state index in [0.29, 0.717) is 19.3 Å². The van der Waals surface area contributed by atoms with Crippen LogP contribution in [0.4, 0.5) is 0 Å². The van der Waals surface area contributed by atoms with E-state index in [1.807, 2.05) is 0 Å². The fourth-order valence-corrected chi connectivity index (χ4v) is 8.32. The summed E-state index contributed by atoms with van der Waals surface area (Å²) in [6, 6.07) is 0. The van der Waals surface area contributed by atoms with Crippen molar-refractivity contribution in [1.29, 1.82) is 0 Å². The van der Waals surface area contributed by atoms with Gasteiger partial charge in [0, 0.05) is 19.3 Å². The third kappa shape index (κ3) is 52.5. The SMILES string of the molecule is CCCCC/C=C\C=C/CCCCCCCCCCCCC(=O)OCC(COC(=O)CCC/C=C\CCCCCC)OC(=O)CCCCCCCCCCCCCCCCCCCCC. The van der Waals surface area contributed by atoms with Crippen LogP contribution in [0.25, 0.3) is 0 Å². The predicted octanol–water partition coefficient (Wildman–Crippen LogP) is 18.9. The zero-order chi connectivity index (χ0) is 47.2. The molecule has 0 aromatic heterocycles. The first-order chi connectivity index (χ1) is 32.0. The first kappa shape index (κ1) is 62.6. The minimum Gasteiger partial charge on any atom is -0.462 e. The van der Waals surface area contributed by atoms with Crippen LogP contribution in [-0.4, -0.2) is 37.2 Å². The minimum absolute atomic E-state index is 0.0791. The Bertz CT molecular complexity index is 1090. The molecule has 380 valence electrons. The maximum absolute atomic E-state index is 12.8. The highest BCUT2D eigenvalue weighted by Crippen LogP contribution is 2.17. The molecule has 6 heteroatoms. The monoisotopic (exact) mass is 913 g/mol. The molecule has 1 unspecified atom stereocenters. The van der Waals surface area contributed by atoms with Crippen molar-refractivity contribution < 1.29 is 28.6 Å². The lowest BCUT2D eigenvalue weighted by Crippen LogP contribution is -2.30. The third-order valence-corrected chi connectivity index (χ3v) is 12.6. The van der Waals surface area contributed by atoms with Gasteiger partial charge < -0.3 is 14.2 Å². The average molecular weight is 914 g/mol. The highest BCUT2D eigenvalue weighted by atomic mass is 16.6. The number of ether oxygens (including phenoxy) is 3. The molecule has 6 nitrogen and oxygen atoms in total. The Morgan fingerprint density at radius 3 is 0.969 bits per heavy atom. The van der Waals surface area contributed by atoms with E-state index in [-0.39, 0.29) is 31.1 Å². The van der Waals surface area contributed by atoms with Gasteiger partial charge in [-0.05, 0) is 64.2 Å². The van der Waals surface area contributed by atoms with E-state index < -0.39 is 6.10 Å². The van der Waals surface area contributed by atoms with Crippen molar-refractivity contribution in [1.82, 2.24) is 0 Å². The van der Waals surface area contributed by atoms with Gasteiger partial charge in [0.1, 0.15) is 13.2 Å². The van der Waals surface area contributed by atoms with Crippen molar-refractivity contribution in [2.24, 2.45) is 0 Å². The van der Waals surface area contributed by atoms with E-state index in [0.717, 1.165) is 57.8 Å². The largest absolute Gasteiger partial charge is 0.462 e. The molecule has 0 heterocycles. The predicted molar refractivity (Wildman–Crippen MR) is 279 cm³/mol. The van der Waals surface area contributed by atoms with Gasteiger partial charge in [-0.1, -0.05) is 256 Å². The van der Waals surface area contributed by atoms with Crippen LogP contribution in [0, 0.1) is 0 Å². The van der Waals surface area contributed by atoms with Crippen LogP contribution in [0.1, 0.15) is 303 Å². The molecule has 0 aliphatic rings. The van der Waals surface area contributed by atoms with Gasteiger partial charge in [-0.2, -0.15) is 0 Å². The quantitative estimate of drug-likeness (QED) is 0.0199.